The Labute approximate surface area is 204 Å². The molecule has 176 valence electrons. The molecule has 0 aliphatic heterocycles. The Bertz CT molecular complexity index is 1510. The van der Waals surface area contributed by atoms with Crippen LogP contribution in [0.15, 0.2) is 66.9 Å². The van der Waals surface area contributed by atoms with Gasteiger partial charge >= 0.3 is 0 Å². The van der Waals surface area contributed by atoms with E-state index in [1.54, 1.807) is 10.9 Å². The molecule has 0 saturated heterocycles. The van der Waals surface area contributed by atoms with Gasteiger partial charge in [-0.1, -0.05) is 60.2 Å². The zero-order chi connectivity index (χ0) is 24.5. The molecule has 0 aliphatic carbocycles. The number of hydrogen-bond acceptors (Lipinski definition) is 4. The van der Waals surface area contributed by atoms with E-state index in [0.717, 1.165) is 44.8 Å². The van der Waals surface area contributed by atoms with Gasteiger partial charge in [0.05, 0.1) is 29.3 Å². The highest BCUT2D eigenvalue weighted by molar-refractivity contribution is 5.96. The summed E-state index contributed by atoms with van der Waals surface area (Å²) in [5.74, 6) is -0.164. The molecule has 0 radical (unpaired) electrons. The van der Waals surface area contributed by atoms with Crippen LogP contribution in [-0.4, -0.2) is 30.5 Å². The van der Waals surface area contributed by atoms with Crippen LogP contribution in [0.25, 0.3) is 22.2 Å². The number of rotatable bonds is 6. The predicted octanol–water partition coefficient (Wildman–Crippen LogP) is 5.22. The van der Waals surface area contributed by atoms with Crippen LogP contribution in [0, 0.1) is 27.7 Å². The second-order valence-corrected chi connectivity index (χ2v) is 8.90. The second-order valence-electron chi connectivity index (χ2n) is 8.90. The number of nitrogens with one attached hydrogen (secondary N) is 1. The van der Waals surface area contributed by atoms with E-state index in [1.165, 1.54) is 5.56 Å². The summed E-state index contributed by atoms with van der Waals surface area (Å²) >= 11 is 0. The monoisotopic (exact) mass is 464 g/mol. The van der Waals surface area contributed by atoms with Gasteiger partial charge < -0.3 is 5.32 Å². The van der Waals surface area contributed by atoms with Gasteiger partial charge in [-0.25, -0.2) is 9.67 Å². The fourth-order valence-electron chi connectivity index (χ4n) is 4.46. The molecule has 0 saturated carbocycles. The smallest absolute Gasteiger partial charge is 0.246 e. The fraction of sp³-hybridized carbons (Fsp3) is 0.214. The zero-order valence-electron chi connectivity index (χ0n) is 20.4. The largest absolute Gasteiger partial charge is 0.321 e. The lowest BCUT2D eigenvalue weighted by Gasteiger charge is -2.08. The molecule has 35 heavy (non-hydrogen) atoms. The van der Waals surface area contributed by atoms with Gasteiger partial charge in [0.1, 0.15) is 6.54 Å². The van der Waals surface area contributed by atoms with Gasteiger partial charge in [-0.15, -0.1) is 0 Å². The molecule has 3 aromatic heterocycles. The minimum absolute atomic E-state index is 0.0671. The molecule has 0 spiro atoms. The summed E-state index contributed by atoms with van der Waals surface area (Å²) in [4.78, 5) is 17.6. The molecular weight excluding hydrogens is 436 g/mol. The average molecular weight is 465 g/mol. The highest BCUT2D eigenvalue weighted by Crippen LogP contribution is 2.29. The third-order valence-electron chi connectivity index (χ3n) is 6.28. The number of nitrogens with zero attached hydrogens (tertiary/aromatic N) is 5. The van der Waals surface area contributed by atoms with Gasteiger partial charge in [-0.2, -0.15) is 10.2 Å². The highest BCUT2D eigenvalue weighted by Gasteiger charge is 2.18. The molecule has 7 heteroatoms. The molecule has 0 bridgehead atoms. The third kappa shape index (κ3) is 4.45. The van der Waals surface area contributed by atoms with Gasteiger partial charge in [0.2, 0.25) is 5.91 Å². The normalized spacial score (nSPS) is 11.2. The second kappa shape index (κ2) is 9.18. The number of hydrogen-bond donors (Lipinski definition) is 1. The molecule has 0 aliphatic rings. The van der Waals surface area contributed by atoms with Crippen molar-refractivity contribution in [3.05, 3.63) is 95.1 Å². The topological polar surface area (TPSA) is 77.6 Å². The number of fused-ring (bicyclic) bond motifs is 1. The van der Waals surface area contributed by atoms with Crippen molar-refractivity contribution in [2.75, 3.05) is 5.32 Å². The Hall–Kier alpha value is -4.26. The quantitative estimate of drug-likeness (QED) is 0.374. The van der Waals surface area contributed by atoms with Crippen molar-refractivity contribution in [1.29, 1.82) is 0 Å². The van der Waals surface area contributed by atoms with Crippen molar-refractivity contribution in [1.82, 2.24) is 24.5 Å². The minimum Gasteiger partial charge on any atom is -0.321 e. The maximum atomic E-state index is 13.1. The summed E-state index contributed by atoms with van der Waals surface area (Å²) in [7, 11) is 0. The van der Waals surface area contributed by atoms with Gasteiger partial charge in [-0.05, 0) is 50.5 Å². The average Bonchev–Trinajstić information content (AvgIpc) is 3.31. The molecule has 1 N–H and O–H groups in total. The summed E-state index contributed by atoms with van der Waals surface area (Å²) in [5, 5.41) is 13.3. The SMILES string of the molecule is Cc1ccc(Cn2nc(C)c(NC(=O)Cn3nc(C)c4c(-c5ccccc5)ccnc43)c2C)cc1. The van der Waals surface area contributed by atoms with E-state index in [9.17, 15) is 4.79 Å². The number of aromatic nitrogens is 5. The Balaban J connectivity index is 1.38. The van der Waals surface area contributed by atoms with Crippen LogP contribution >= 0.6 is 0 Å². The van der Waals surface area contributed by atoms with Gasteiger partial charge in [0, 0.05) is 11.6 Å². The summed E-state index contributed by atoms with van der Waals surface area (Å²) < 4.78 is 3.60. The summed E-state index contributed by atoms with van der Waals surface area (Å²) in [6.45, 7) is 8.63. The van der Waals surface area contributed by atoms with Crippen LogP contribution in [0.3, 0.4) is 0 Å². The number of carbonyl (C=O) groups is 1. The first-order valence-electron chi connectivity index (χ1n) is 11.7. The molecule has 2 aromatic carbocycles. The van der Waals surface area contributed by atoms with Crippen molar-refractivity contribution >= 4 is 22.6 Å². The number of anilines is 1. The standard InChI is InChI=1S/C28H28N6O/c1-18-10-12-22(13-11-18)16-33-21(4)27(20(3)32-33)30-25(35)17-34-28-26(19(2)31-34)24(14-15-29-28)23-8-6-5-7-9-23/h5-15H,16-17H2,1-4H3,(H,30,35). The van der Waals surface area contributed by atoms with Gasteiger partial charge in [0.25, 0.3) is 0 Å². The van der Waals surface area contributed by atoms with Crippen molar-refractivity contribution in [2.45, 2.75) is 40.8 Å². The lowest BCUT2D eigenvalue weighted by molar-refractivity contribution is -0.116. The van der Waals surface area contributed by atoms with Crippen molar-refractivity contribution < 1.29 is 4.79 Å². The van der Waals surface area contributed by atoms with Crippen LogP contribution in [0.1, 0.15) is 28.2 Å². The number of carbonyl (C=O) groups excluding carboxylic acids is 1. The third-order valence-corrected chi connectivity index (χ3v) is 6.28. The van der Waals surface area contributed by atoms with Crippen molar-refractivity contribution in [3.8, 4) is 11.1 Å². The number of pyridine rings is 1. The van der Waals surface area contributed by atoms with Gasteiger partial charge in [0.15, 0.2) is 5.65 Å². The first kappa shape index (κ1) is 22.5. The highest BCUT2D eigenvalue weighted by atomic mass is 16.2. The molecule has 1 amide bonds. The molecule has 5 rings (SSSR count). The van der Waals surface area contributed by atoms with E-state index in [-0.39, 0.29) is 12.5 Å². The molecule has 5 aromatic rings. The van der Waals surface area contributed by atoms with Crippen molar-refractivity contribution in [2.24, 2.45) is 0 Å². The molecule has 3 heterocycles. The van der Waals surface area contributed by atoms with E-state index < -0.39 is 0 Å². The predicted molar refractivity (Wildman–Crippen MR) is 138 cm³/mol. The first-order chi connectivity index (χ1) is 16.9. The maximum absolute atomic E-state index is 13.1. The first-order valence-corrected chi connectivity index (χ1v) is 11.7. The molecule has 0 unspecified atom stereocenters. The lowest BCUT2D eigenvalue weighted by Crippen LogP contribution is -2.20. The molecule has 7 nitrogen and oxygen atoms in total. The lowest BCUT2D eigenvalue weighted by atomic mass is 10.0. The molecule has 0 fully saturated rings. The Morgan fingerprint density at radius 2 is 1.57 bits per heavy atom. The van der Waals surface area contributed by atoms with E-state index in [1.807, 2.05) is 49.7 Å². The zero-order valence-corrected chi connectivity index (χ0v) is 20.4. The van der Waals surface area contributed by atoms with Crippen LogP contribution in [-0.2, 0) is 17.9 Å². The van der Waals surface area contributed by atoms with Crippen LogP contribution in [0.2, 0.25) is 0 Å². The summed E-state index contributed by atoms with van der Waals surface area (Å²) in [6.07, 6.45) is 1.77. The number of amides is 1. The van der Waals surface area contributed by atoms with Crippen LogP contribution in [0.4, 0.5) is 5.69 Å². The van der Waals surface area contributed by atoms with E-state index in [4.69, 9.17) is 0 Å². The Morgan fingerprint density at radius 1 is 0.857 bits per heavy atom. The molecule has 0 atom stereocenters. The Morgan fingerprint density at radius 3 is 2.31 bits per heavy atom. The Kier molecular flexibility index (Phi) is 5.91. The fourth-order valence-corrected chi connectivity index (χ4v) is 4.46. The van der Waals surface area contributed by atoms with E-state index in [2.05, 4.69) is 63.8 Å². The van der Waals surface area contributed by atoms with Crippen LogP contribution < -0.4 is 5.32 Å². The summed E-state index contributed by atoms with van der Waals surface area (Å²) in [6, 6.07) is 20.5. The van der Waals surface area contributed by atoms with Crippen molar-refractivity contribution in [3.63, 3.8) is 0 Å². The number of benzene rings is 2. The van der Waals surface area contributed by atoms with Crippen LogP contribution in [0.5, 0.6) is 0 Å². The molecular formula is C28H28N6O. The van der Waals surface area contributed by atoms with E-state index in [0.29, 0.717) is 12.2 Å². The van der Waals surface area contributed by atoms with Gasteiger partial charge in [-0.3, -0.25) is 9.48 Å². The van der Waals surface area contributed by atoms with E-state index >= 15 is 0 Å². The summed E-state index contributed by atoms with van der Waals surface area (Å²) in [5.41, 5.74) is 8.54. The minimum atomic E-state index is -0.164. The number of aryl methyl sites for hydroxylation is 3. The maximum Gasteiger partial charge on any atom is 0.246 e.